The summed E-state index contributed by atoms with van der Waals surface area (Å²) < 4.78 is 0. The molecule has 1 N–H and O–H groups in total. The minimum Gasteiger partial charge on any atom is -0.480 e. The molecule has 1 aromatic heterocycles. The molecule has 0 bridgehead atoms. The Hall–Kier alpha value is -0.870. The topological polar surface area (TPSA) is 40.5 Å². The predicted octanol–water partition coefficient (Wildman–Crippen LogP) is 2.92. The van der Waals surface area contributed by atoms with Crippen LogP contribution in [0.4, 0.5) is 0 Å². The summed E-state index contributed by atoms with van der Waals surface area (Å²) in [6.45, 7) is 4.28. The smallest absolute Gasteiger partial charge is 0.317 e. The van der Waals surface area contributed by atoms with Gasteiger partial charge in [-0.2, -0.15) is 0 Å². The molecule has 0 fully saturated rings. The van der Waals surface area contributed by atoms with Gasteiger partial charge in [0.15, 0.2) is 0 Å². The van der Waals surface area contributed by atoms with Gasteiger partial charge in [-0.25, -0.2) is 0 Å². The molecule has 1 aliphatic carbocycles. The second-order valence-corrected chi connectivity index (χ2v) is 5.87. The number of thiophene rings is 1. The normalized spacial score (nSPS) is 19.6. The molecule has 0 aromatic carbocycles. The van der Waals surface area contributed by atoms with Crippen molar-refractivity contribution in [3.63, 3.8) is 0 Å². The number of fused-ring (bicyclic) bond motifs is 1. The Morgan fingerprint density at radius 1 is 1.65 bits per heavy atom. The van der Waals surface area contributed by atoms with Gasteiger partial charge in [-0.1, -0.05) is 0 Å². The lowest BCUT2D eigenvalue weighted by atomic mass is 9.92. The number of carboxylic acid groups (broad SMARTS) is 1. The van der Waals surface area contributed by atoms with Crippen molar-refractivity contribution < 1.29 is 9.90 Å². The Kier molecular flexibility index (Phi) is 3.84. The van der Waals surface area contributed by atoms with Crippen molar-refractivity contribution in [2.45, 2.75) is 45.2 Å². The molecule has 1 unspecified atom stereocenters. The van der Waals surface area contributed by atoms with Gasteiger partial charge in [-0.05, 0) is 50.1 Å². The van der Waals surface area contributed by atoms with Crippen molar-refractivity contribution in [2.24, 2.45) is 0 Å². The van der Waals surface area contributed by atoms with Gasteiger partial charge in [-0.3, -0.25) is 9.69 Å². The molecule has 1 aromatic rings. The Morgan fingerprint density at radius 2 is 2.41 bits per heavy atom. The number of aryl methyl sites for hydroxylation is 1. The molecule has 94 valence electrons. The van der Waals surface area contributed by atoms with E-state index in [1.807, 2.05) is 0 Å². The highest BCUT2D eigenvalue weighted by Gasteiger charge is 2.29. The number of nitrogens with zero attached hydrogens (tertiary/aromatic N) is 1. The third-order valence-electron chi connectivity index (χ3n) is 3.40. The molecule has 4 heteroatoms. The summed E-state index contributed by atoms with van der Waals surface area (Å²) in [5.41, 5.74) is 1.36. The second kappa shape index (κ2) is 5.19. The quantitative estimate of drug-likeness (QED) is 0.897. The standard InChI is InChI=1S/C13H19NO2S/c1-9(2)14(8-13(15)16)11-4-3-5-12-10(11)6-7-17-12/h6-7,9,11H,3-5,8H2,1-2H3,(H,15,16). The highest BCUT2D eigenvalue weighted by atomic mass is 32.1. The fourth-order valence-corrected chi connectivity index (χ4v) is 3.60. The van der Waals surface area contributed by atoms with E-state index in [-0.39, 0.29) is 12.6 Å². The fraction of sp³-hybridized carbons (Fsp3) is 0.615. The summed E-state index contributed by atoms with van der Waals surface area (Å²) in [5.74, 6) is -0.735. The lowest BCUT2D eigenvalue weighted by Gasteiger charge is -2.36. The van der Waals surface area contributed by atoms with E-state index in [4.69, 9.17) is 5.11 Å². The van der Waals surface area contributed by atoms with Crippen molar-refractivity contribution in [3.05, 3.63) is 21.9 Å². The van der Waals surface area contributed by atoms with Gasteiger partial charge in [0.1, 0.15) is 0 Å². The van der Waals surface area contributed by atoms with E-state index in [9.17, 15) is 4.79 Å². The van der Waals surface area contributed by atoms with E-state index in [0.717, 1.165) is 12.8 Å². The zero-order chi connectivity index (χ0) is 12.4. The van der Waals surface area contributed by atoms with Crippen LogP contribution >= 0.6 is 11.3 Å². The van der Waals surface area contributed by atoms with Crippen LogP contribution in [0.25, 0.3) is 0 Å². The van der Waals surface area contributed by atoms with Gasteiger partial charge in [-0.15, -0.1) is 11.3 Å². The first kappa shape index (κ1) is 12.6. The van der Waals surface area contributed by atoms with Crippen LogP contribution in [0.5, 0.6) is 0 Å². The molecule has 0 spiro atoms. The molecule has 2 rings (SSSR count). The Morgan fingerprint density at radius 3 is 3.06 bits per heavy atom. The van der Waals surface area contributed by atoms with E-state index >= 15 is 0 Å². The largest absolute Gasteiger partial charge is 0.480 e. The monoisotopic (exact) mass is 253 g/mol. The van der Waals surface area contributed by atoms with E-state index in [2.05, 4.69) is 30.2 Å². The van der Waals surface area contributed by atoms with Gasteiger partial charge in [0.05, 0.1) is 6.54 Å². The van der Waals surface area contributed by atoms with Crippen molar-refractivity contribution in [1.29, 1.82) is 0 Å². The first-order valence-corrected chi connectivity index (χ1v) is 7.01. The number of rotatable bonds is 4. The van der Waals surface area contributed by atoms with Crippen LogP contribution < -0.4 is 0 Å². The van der Waals surface area contributed by atoms with Crippen molar-refractivity contribution in [1.82, 2.24) is 4.90 Å². The van der Waals surface area contributed by atoms with Gasteiger partial charge >= 0.3 is 5.97 Å². The summed E-state index contributed by atoms with van der Waals surface area (Å²) in [6.07, 6.45) is 3.40. The summed E-state index contributed by atoms with van der Waals surface area (Å²) >= 11 is 1.80. The van der Waals surface area contributed by atoms with Crippen molar-refractivity contribution in [3.8, 4) is 0 Å². The van der Waals surface area contributed by atoms with E-state index < -0.39 is 5.97 Å². The number of aliphatic carboxylic acids is 1. The number of carbonyl (C=O) groups is 1. The van der Waals surface area contributed by atoms with Crippen molar-refractivity contribution >= 4 is 17.3 Å². The number of carboxylic acids is 1. The highest BCUT2D eigenvalue weighted by Crippen LogP contribution is 2.37. The maximum absolute atomic E-state index is 11.0. The first-order valence-electron chi connectivity index (χ1n) is 6.13. The molecule has 0 saturated carbocycles. The molecule has 0 amide bonds. The molecule has 1 aliphatic rings. The summed E-state index contributed by atoms with van der Waals surface area (Å²) in [5, 5.41) is 11.2. The van der Waals surface area contributed by atoms with Gasteiger partial charge < -0.3 is 5.11 Å². The zero-order valence-corrected chi connectivity index (χ0v) is 11.2. The lowest BCUT2D eigenvalue weighted by Crippen LogP contribution is -2.39. The minimum absolute atomic E-state index is 0.137. The first-order chi connectivity index (χ1) is 8.09. The Bertz CT molecular complexity index is 400. The summed E-state index contributed by atoms with van der Waals surface area (Å²) in [6, 6.07) is 2.73. The Balaban J connectivity index is 2.23. The molecular formula is C13H19NO2S. The van der Waals surface area contributed by atoms with Crippen LogP contribution in [-0.4, -0.2) is 28.6 Å². The third-order valence-corrected chi connectivity index (χ3v) is 4.40. The molecular weight excluding hydrogens is 234 g/mol. The molecule has 1 atom stereocenters. The van der Waals surface area contributed by atoms with Gasteiger partial charge in [0.25, 0.3) is 0 Å². The number of hydrogen-bond donors (Lipinski definition) is 1. The van der Waals surface area contributed by atoms with Crippen LogP contribution in [0.1, 0.15) is 43.2 Å². The Labute approximate surface area is 106 Å². The molecule has 1 heterocycles. The van der Waals surface area contributed by atoms with Crippen LogP contribution in [0.3, 0.4) is 0 Å². The molecule has 3 nitrogen and oxygen atoms in total. The fourth-order valence-electron chi connectivity index (χ4n) is 2.62. The predicted molar refractivity (Wildman–Crippen MR) is 69.5 cm³/mol. The second-order valence-electron chi connectivity index (χ2n) is 4.87. The van der Waals surface area contributed by atoms with Crippen LogP contribution in [0, 0.1) is 0 Å². The molecule has 0 aliphatic heterocycles. The SMILES string of the molecule is CC(C)N(CC(=O)O)C1CCCc2sccc21. The van der Waals surface area contributed by atoms with Gasteiger partial charge in [0, 0.05) is 17.0 Å². The number of hydrogen-bond acceptors (Lipinski definition) is 3. The average Bonchev–Trinajstić information content (AvgIpc) is 2.73. The van der Waals surface area contributed by atoms with E-state index in [0.29, 0.717) is 6.04 Å². The zero-order valence-electron chi connectivity index (χ0n) is 10.3. The van der Waals surface area contributed by atoms with Gasteiger partial charge in [0.2, 0.25) is 0 Å². The lowest BCUT2D eigenvalue weighted by molar-refractivity contribution is -0.139. The van der Waals surface area contributed by atoms with Crippen LogP contribution in [0.15, 0.2) is 11.4 Å². The highest BCUT2D eigenvalue weighted by molar-refractivity contribution is 7.10. The minimum atomic E-state index is -0.735. The maximum Gasteiger partial charge on any atom is 0.317 e. The maximum atomic E-state index is 11.0. The summed E-state index contributed by atoms with van der Waals surface area (Å²) in [4.78, 5) is 14.5. The summed E-state index contributed by atoms with van der Waals surface area (Å²) in [7, 11) is 0. The average molecular weight is 253 g/mol. The third kappa shape index (κ3) is 2.69. The van der Waals surface area contributed by atoms with Crippen LogP contribution in [0.2, 0.25) is 0 Å². The van der Waals surface area contributed by atoms with E-state index in [1.165, 1.54) is 16.9 Å². The van der Waals surface area contributed by atoms with Crippen molar-refractivity contribution in [2.75, 3.05) is 6.54 Å². The molecule has 0 saturated heterocycles. The van der Waals surface area contributed by atoms with E-state index in [1.54, 1.807) is 11.3 Å². The van der Waals surface area contributed by atoms with Crippen LogP contribution in [-0.2, 0) is 11.2 Å². The molecule has 17 heavy (non-hydrogen) atoms. The molecule has 0 radical (unpaired) electrons.